The zero-order chi connectivity index (χ0) is 16.6. The van der Waals surface area contributed by atoms with Gasteiger partial charge in [-0.1, -0.05) is 29.8 Å². The van der Waals surface area contributed by atoms with Gasteiger partial charge in [0.2, 0.25) is 5.82 Å². The highest BCUT2D eigenvalue weighted by Crippen LogP contribution is 2.29. The lowest BCUT2D eigenvalue weighted by Gasteiger charge is -2.20. The third kappa shape index (κ3) is 3.02. The van der Waals surface area contributed by atoms with Crippen molar-refractivity contribution in [2.75, 3.05) is 14.1 Å². The zero-order valence-electron chi connectivity index (χ0n) is 13.5. The normalized spacial score (nSPS) is 12.8. The summed E-state index contributed by atoms with van der Waals surface area (Å²) in [7, 11) is 4.20. The van der Waals surface area contributed by atoms with E-state index in [1.165, 1.54) is 4.90 Å². The highest BCUT2D eigenvalue weighted by Gasteiger charge is 2.29. The van der Waals surface area contributed by atoms with Crippen LogP contribution in [-0.2, 0) is 0 Å². The summed E-state index contributed by atoms with van der Waals surface area (Å²) in [6, 6.07) is 10.2. The lowest BCUT2D eigenvalue weighted by atomic mass is 10.1. The number of aryl methyl sites for hydroxylation is 2. The van der Waals surface area contributed by atoms with Gasteiger partial charge in [0.15, 0.2) is 6.04 Å². The summed E-state index contributed by atoms with van der Waals surface area (Å²) in [6.45, 7) is 4.15. The average Bonchev–Trinajstić information content (AvgIpc) is 3.09. The van der Waals surface area contributed by atoms with Crippen LogP contribution >= 0.6 is 22.9 Å². The van der Waals surface area contributed by atoms with Gasteiger partial charge in [-0.15, -0.1) is 16.4 Å². The molecule has 0 saturated carbocycles. The molecule has 1 atom stereocenters. The number of aromatic nitrogens is 4. The summed E-state index contributed by atoms with van der Waals surface area (Å²) in [4.78, 5) is 2.38. The van der Waals surface area contributed by atoms with E-state index in [9.17, 15) is 0 Å². The Morgan fingerprint density at radius 3 is 2.39 bits per heavy atom. The molecule has 0 saturated heterocycles. The maximum atomic E-state index is 6.13. The fourth-order valence-corrected chi connectivity index (χ4v) is 4.11. The molecule has 0 aliphatic carbocycles. The van der Waals surface area contributed by atoms with Crippen molar-refractivity contribution in [3.8, 4) is 5.69 Å². The molecule has 7 heteroatoms. The van der Waals surface area contributed by atoms with Crippen LogP contribution in [0.4, 0.5) is 0 Å². The maximum absolute atomic E-state index is 6.13. The van der Waals surface area contributed by atoms with Crippen LogP contribution in [0.1, 0.15) is 27.9 Å². The van der Waals surface area contributed by atoms with Gasteiger partial charge < -0.3 is 4.90 Å². The molecule has 0 aliphatic heterocycles. The Hall–Kier alpha value is -1.76. The summed E-state index contributed by atoms with van der Waals surface area (Å²) < 4.78 is 2.63. The molecule has 1 N–H and O–H groups in total. The summed E-state index contributed by atoms with van der Waals surface area (Å²) in [5.41, 5.74) is 3.34. The molecule has 0 unspecified atom stereocenters. The van der Waals surface area contributed by atoms with E-state index in [4.69, 9.17) is 11.6 Å². The minimum Gasteiger partial charge on any atom is -0.326 e. The predicted molar refractivity (Wildman–Crippen MR) is 92.6 cm³/mol. The van der Waals surface area contributed by atoms with Crippen molar-refractivity contribution in [1.29, 1.82) is 0 Å². The van der Waals surface area contributed by atoms with E-state index in [0.29, 0.717) is 0 Å². The lowest BCUT2D eigenvalue weighted by molar-refractivity contribution is -0.886. The molecule has 0 bridgehead atoms. The number of nitrogens with zero attached hydrogens (tertiary/aromatic N) is 4. The molecule has 3 rings (SSSR count). The van der Waals surface area contributed by atoms with Crippen molar-refractivity contribution in [3.05, 3.63) is 56.5 Å². The number of tetrazole rings is 1. The van der Waals surface area contributed by atoms with Crippen LogP contribution in [0.2, 0.25) is 4.34 Å². The molecule has 5 nitrogen and oxygen atoms in total. The summed E-state index contributed by atoms with van der Waals surface area (Å²) in [6.07, 6.45) is 0. The van der Waals surface area contributed by atoms with Gasteiger partial charge in [0.1, 0.15) is 0 Å². The van der Waals surface area contributed by atoms with Gasteiger partial charge in [0, 0.05) is 0 Å². The molecular formula is C16H19ClN5S+. The number of para-hydroxylation sites is 1. The van der Waals surface area contributed by atoms with E-state index >= 15 is 0 Å². The number of hydrogen-bond acceptors (Lipinski definition) is 4. The van der Waals surface area contributed by atoms with Crippen LogP contribution in [0.5, 0.6) is 0 Å². The average molecular weight is 349 g/mol. The number of nitrogens with one attached hydrogen (secondary N) is 1. The van der Waals surface area contributed by atoms with Crippen LogP contribution < -0.4 is 4.90 Å². The van der Waals surface area contributed by atoms with Crippen molar-refractivity contribution < 1.29 is 4.90 Å². The van der Waals surface area contributed by atoms with Crippen LogP contribution in [-0.4, -0.2) is 34.3 Å². The number of quaternary nitrogens is 1. The van der Waals surface area contributed by atoms with Gasteiger partial charge >= 0.3 is 0 Å². The third-order valence-corrected chi connectivity index (χ3v) is 5.15. The first-order valence-corrected chi connectivity index (χ1v) is 8.58. The first-order chi connectivity index (χ1) is 11.0. The minimum atomic E-state index is 0.0292. The first-order valence-electron chi connectivity index (χ1n) is 7.39. The van der Waals surface area contributed by atoms with Crippen molar-refractivity contribution in [1.82, 2.24) is 20.2 Å². The molecule has 0 aliphatic rings. The van der Waals surface area contributed by atoms with E-state index in [-0.39, 0.29) is 6.04 Å². The van der Waals surface area contributed by atoms with Gasteiger partial charge in [0.05, 0.1) is 29.0 Å². The highest BCUT2D eigenvalue weighted by molar-refractivity contribution is 7.16. The molecule has 0 amide bonds. The smallest absolute Gasteiger partial charge is 0.219 e. The van der Waals surface area contributed by atoms with E-state index in [2.05, 4.69) is 55.6 Å². The third-order valence-electron chi connectivity index (χ3n) is 3.86. The number of halogens is 1. The monoisotopic (exact) mass is 348 g/mol. The van der Waals surface area contributed by atoms with E-state index in [1.807, 2.05) is 22.9 Å². The Morgan fingerprint density at radius 1 is 1.13 bits per heavy atom. The quantitative estimate of drug-likeness (QED) is 0.786. The lowest BCUT2D eigenvalue weighted by Crippen LogP contribution is -3.06. The van der Waals surface area contributed by atoms with Crippen molar-refractivity contribution in [2.24, 2.45) is 0 Å². The Kier molecular flexibility index (Phi) is 4.48. The second-order valence-electron chi connectivity index (χ2n) is 5.84. The fourth-order valence-electron chi connectivity index (χ4n) is 2.83. The first kappa shape index (κ1) is 16.1. The van der Waals surface area contributed by atoms with Crippen LogP contribution in [0, 0.1) is 13.8 Å². The van der Waals surface area contributed by atoms with E-state index in [1.54, 1.807) is 11.3 Å². The molecule has 23 heavy (non-hydrogen) atoms. The molecule has 0 spiro atoms. The summed E-state index contributed by atoms with van der Waals surface area (Å²) in [5, 5.41) is 12.5. The van der Waals surface area contributed by atoms with Crippen molar-refractivity contribution >= 4 is 22.9 Å². The van der Waals surface area contributed by atoms with Gasteiger partial charge in [0.25, 0.3) is 0 Å². The topological polar surface area (TPSA) is 48.0 Å². The molecule has 2 aromatic heterocycles. The van der Waals surface area contributed by atoms with Gasteiger partial charge in [-0.05, 0) is 47.5 Å². The Bertz CT molecular complexity index is 803. The van der Waals surface area contributed by atoms with Crippen LogP contribution in [0.15, 0.2) is 30.3 Å². The fraction of sp³-hybridized carbons (Fsp3) is 0.312. The van der Waals surface area contributed by atoms with Gasteiger partial charge in [-0.3, -0.25) is 0 Å². The molecule has 120 valence electrons. The van der Waals surface area contributed by atoms with E-state index in [0.717, 1.165) is 31.9 Å². The Balaban J connectivity index is 2.16. The van der Waals surface area contributed by atoms with Gasteiger partial charge in [-0.2, -0.15) is 4.68 Å². The van der Waals surface area contributed by atoms with Gasteiger partial charge in [-0.25, -0.2) is 0 Å². The van der Waals surface area contributed by atoms with Crippen molar-refractivity contribution in [3.63, 3.8) is 0 Å². The van der Waals surface area contributed by atoms with Crippen LogP contribution in [0.3, 0.4) is 0 Å². The van der Waals surface area contributed by atoms with E-state index < -0.39 is 0 Å². The Morgan fingerprint density at radius 2 is 1.83 bits per heavy atom. The number of rotatable bonds is 4. The second-order valence-corrected chi connectivity index (χ2v) is 7.59. The number of benzene rings is 1. The molecule has 2 heterocycles. The number of thiophene rings is 1. The summed E-state index contributed by atoms with van der Waals surface area (Å²) >= 11 is 7.70. The number of hydrogen-bond donors (Lipinski definition) is 1. The molecular weight excluding hydrogens is 330 g/mol. The zero-order valence-corrected chi connectivity index (χ0v) is 15.1. The SMILES string of the molecule is Cc1cccc(C)c1-n1nnnc1[C@H](c1ccc(Cl)s1)[NH+](C)C. The minimum absolute atomic E-state index is 0.0292. The largest absolute Gasteiger partial charge is 0.326 e. The molecule has 1 aromatic carbocycles. The molecule has 0 fully saturated rings. The highest BCUT2D eigenvalue weighted by atomic mass is 35.5. The molecule has 0 radical (unpaired) electrons. The van der Waals surface area contributed by atoms with Crippen molar-refractivity contribution in [2.45, 2.75) is 19.9 Å². The Labute approximate surface area is 144 Å². The molecule has 3 aromatic rings. The second kappa shape index (κ2) is 6.39. The van der Waals surface area contributed by atoms with Crippen LogP contribution in [0.25, 0.3) is 5.69 Å². The maximum Gasteiger partial charge on any atom is 0.219 e. The predicted octanol–water partition coefficient (Wildman–Crippen LogP) is 2.23. The standard InChI is InChI=1S/C16H18ClN5S/c1-10-6-5-7-11(2)14(10)22-16(18-19-20-22)15(21(3)4)12-8-9-13(17)23-12/h5-9,15H,1-4H3/p+1/t15-/m0/s1. The summed E-state index contributed by atoms with van der Waals surface area (Å²) in [5.74, 6) is 0.820.